The van der Waals surface area contributed by atoms with Gasteiger partial charge in [0.05, 0.1) is 12.0 Å². The van der Waals surface area contributed by atoms with Crippen LogP contribution in [0.15, 0.2) is 54.6 Å². The molecule has 2 aliphatic heterocycles. The molecule has 1 amide bonds. The molecule has 146 valence electrons. The Morgan fingerprint density at radius 2 is 1.82 bits per heavy atom. The molecule has 5 nitrogen and oxygen atoms in total. The second-order valence-corrected chi connectivity index (χ2v) is 7.75. The predicted molar refractivity (Wildman–Crippen MR) is 105 cm³/mol. The molecule has 2 aromatic rings. The third-order valence-electron chi connectivity index (χ3n) is 6.13. The quantitative estimate of drug-likeness (QED) is 0.807. The number of fused-ring (bicyclic) bond motifs is 2. The first-order valence-corrected chi connectivity index (χ1v) is 9.88. The maximum Gasteiger partial charge on any atom is 0.314 e. The van der Waals surface area contributed by atoms with E-state index in [0.717, 1.165) is 18.4 Å². The maximum atomic E-state index is 13.2. The van der Waals surface area contributed by atoms with Gasteiger partial charge in [0.25, 0.3) is 5.91 Å². The minimum Gasteiger partial charge on any atom is -0.508 e. The Bertz CT molecular complexity index is 864. The molecular formula is C23H25NO4. The van der Waals surface area contributed by atoms with Gasteiger partial charge >= 0.3 is 5.97 Å². The number of esters is 1. The lowest BCUT2D eigenvalue weighted by molar-refractivity contribution is -0.157. The first-order valence-electron chi connectivity index (χ1n) is 9.88. The van der Waals surface area contributed by atoms with Gasteiger partial charge in [-0.1, -0.05) is 30.3 Å². The average molecular weight is 379 g/mol. The van der Waals surface area contributed by atoms with Crippen LogP contribution in [0.25, 0.3) is 0 Å². The number of aromatic hydroxyl groups is 1. The molecule has 4 rings (SSSR count). The molecule has 0 unspecified atom stereocenters. The summed E-state index contributed by atoms with van der Waals surface area (Å²) < 4.78 is 5.49. The van der Waals surface area contributed by atoms with Crippen LogP contribution in [0, 0.1) is 5.41 Å². The number of hydrogen-bond acceptors (Lipinski definition) is 4. The van der Waals surface area contributed by atoms with Crippen LogP contribution < -0.4 is 0 Å². The van der Waals surface area contributed by atoms with E-state index in [0.29, 0.717) is 25.0 Å². The zero-order valence-corrected chi connectivity index (χ0v) is 16.0. The van der Waals surface area contributed by atoms with Gasteiger partial charge in [-0.2, -0.15) is 0 Å². The highest BCUT2D eigenvalue weighted by Gasteiger charge is 2.61. The van der Waals surface area contributed by atoms with E-state index in [-0.39, 0.29) is 29.7 Å². The Labute approximate surface area is 164 Å². The number of carbonyl (C=O) groups excluding carboxylic acids is 2. The number of phenolic OH excluding ortho intramolecular Hbond substituents is 1. The zero-order chi connectivity index (χ0) is 19.7. The van der Waals surface area contributed by atoms with Crippen molar-refractivity contribution in [3.8, 4) is 5.75 Å². The first kappa shape index (κ1) is 18.5. The van der Waals surface area contributed by atoms with Gasteiger partial charge in [-0.15, -0.1) is 0 Å². The first-order chi connectivity index (χ1) is 13.5. The van der Waals surface area contributed by atoms with E-state index >= 15 is 0 Å². The second-order valence-electron chi connectivity index (χ2n) is 7.75. The number of hydrogen-bond donors (Lipinski definition) is 1. The highest BCUT2D eigenvalue weighted by atomic mass is 16.5. The fraction of sp³-hybridized carbons (Fsp3) is 0.391. The molecule has 0 aliphatic carbocycles. The van der Waals surface area contributed by atoms with Crippen LogP contribution in [0.4, 0.5) is 0 Å². The van der Waals surface area contributed by atoms with E-state index in [4.69, 9.17) is 4.74 Å². The summed E-state index contributed by atoms with van der Waals surface area (Å²) in [5.74, 6) is -0.146. The monoisotopic (exact) mass is 379 g/mol. The summed E-state index contributed by atoms with van der Waals surface area (Å²) >= 11 is 0. The molecule has 0 saturated carbocycles. The van der Waals surface area contributed by atoms with E-state index in [1.54, 1.807) is 12.1 Å². The number of phenols is 1. The fourth-order valence-corrected chi connectivity index (χ4v) is 4.96. The number of amides is 1. The highest BCUT2D eigenvalue weighted by Crippen LogP contribution is 2.52. The molecule has 3 atom stereocenters. The topological polar surface area (TPSA) is 66.8 Å². The largest absolute Gasteiger partial charge is 0.508 e. The van der Waals surface area contributed by atoms with Crippen LogP contribution in [0.5, 0.6) is 5.75 Å². The molecule has 28 heavy (non-hydrogen) atoms. The number of nitrogens with zero attached hydrogens (tertiary/aromatic N) is 1. The standard InChI is InChI=1S/C23H25NO4/c1-2-28-22(27)23(14-16-6-4-3-5-7-16)15-18-10-13-20(23)24(18)21(26)17-8-11-19(25)12-9-17/h3-9,11-12,18,20,25H,2,10,13-15H2,1H3/t18-,20+,23+/m1/s1. The summed E-state index contributed by atoms with van der Waals surface area (Å²) in [7, 11) is 0. The molecule has 0 spiro atoms. The molecule has 1 N–H and O–H groups in total. The molecule has 2 aliphatic rings. The summed E-state index contributed by atoms with van der Waals surface area (Å²) in [6, 6.07) is 16.2. The van der Waals surface area contributed by atoms with Gasteiger partial charge in [0.2, 0.25) is 0 Å². The molecule has 2 aromatic carbocycles. The van der Waals surface area contributed by atoms with Gasteiger partial charge in [0, 0.05) is 17.6 Å². The van der Waals surface area contributed by atoms with Crippen molar-refractivity contribution >= 4 is 11.9 Å². The molecule has 2 heterocycles. The number of carbonyl (C=O) groups is 2. The number of benzene rings is 2. The van der Waals surface area contributed by atoms with Gasteiger partial charge < -0.3 is 14.7 Å². The molecule has 2 fully saturated rings. The Morgan fingerprint density at radius 3 is 2.50 bits per heavy atom. The summed E-state index contributed by atoms with van der Waals surface area (Å²) in [5, 5.41) is 9.51. The Balaban J connectivity index is 1.68. The summed E-state index contributed by atoms with van der Waals surface area (Å²) in [4.78, 5) is 28.2. The summed E-state index contributed by atoms with van der Waals surface area (Å²) in [6.07, 6.45) is 2.92. The van der Waals surface area contributed by atoms with Crippen molar-refractivity contribution in [2.24, 2.45) is 5.41 Å². The lowest BCUT2D eigenvalue weighted by Gasteiger charge is -2.35. The Hall–Kier alpha value is -2.82. The van der Waals surface area contributed by atoms with E-state index in [1.165, 1.54) is 12.1 Å². The van der Waals surface area contributed by atoms with Gasteiger partial charge in [-0.05, 0) is 62.4 Å². The van der Waals surface area contributed by atoms with Crippen LogP contribution in [0.3, 0.4) is 0 Å². The Kier molecular flexibility index (Phi) is 4.84. The highest BCUT2D eigenvalue weighted by molar-refractivity contribution is 5.96. The molecular weight excluding hydrogens is 354 g/mol. The van der Waals surface area contributed by atoms with Crippen LogP contribution in [0.2, 0.25) is 0 Å². The number of ether oxygens (including phenoxy) is 1. The SMILES string of the molecule is CCOC(=O)[C@@]1(Cc2ccccc2)C[C@H]2CC[C@@H]1N2C(=O)c1ccc(O)cc1. The van der Waals surface area contributed by atoms with Crippen molar-refractivity contribution in [1.82, 2.24) is 4.90 Å². The van der Waals surface area contributed by atoms with Crippen molar-refractivity contribution in [1.29, 1.82) is 0 Å². The van der Waals surface area contributed by atoms with Crippen LogP contribution in [0.1, 0.15) is 42.1 Å². The average Bonchev–Trinajstić information content (AvgIpc) is 3.25. The smallest absolute Gasteiger partial charge is 0.314 e. The molecule has 2 saturated heterocycles. The van der Waals surface area contributed by atoms with Crippen LogP contribution in [-0.4, -0.2) is 40.6 Å². The van der Waals surface area contributed by atoms with Crippen LogP contribution in [-0.2, 0) is 16.0 Å². The van der Waals surface area contributed by atoms with Gasteiger partial charge in [-0.25, -0.2) is 0 Å². The molecule has 5 heteroatoms. The lowest BCUT2D eigenvalue weighted by atomic mass is 9.70. The van der Waals surface area contributed by atoms with E-state index in [1.807, 2.05) is 42.2 Å². The minimum absolute atomic E-state index is 0.0411. The molecule has 2 bridgehead atoms. The zero-order valence-electron chi connectivity index (χ0n) is 16.0. The van der Waals surface area contributed by atoms with Crippen molar-refractivity contribution in [2.45, 2.75) is 44.7 Å². The summed E-state index contributed by atoms with van der Waals surface area (Å²) in [5.41, 5.74) is 0.918. The van der Waals surface area contributed by atoms with Crippen molar-refractivity contribution in [3.63, 3.8) is 0 Å². The van der Waals surface area contributed by atoms with E-state index in [2.05, 4.69) is 0 Å². The minimum atomic E-state index is -0.702. The van der Waals surface area contributed by atoms with Crippen molar-refractivity contribution in [3.05, 3.63) is 65.7 Å². The van der Waals surface area contributed by atoms with Gasteiger partial charge in [0.1, 0.15) is 5.75 Å². The predicted octanol–water partition coefficient (Wildman–Crippen LogP) is 3.56. The van der Waals surface area contributed by atoms with Crippen molar-refractivity contribution in [2.75, 3.05) is 6.61 Å². The number of rotatable bonds is 5. The molecule has 0 aromatic heterocycles. The molecule has 0 radical (unpaired) electrons. The third kappa shape index (κ3) is 3.05. The van der Waals surface area contributed by atoms with Gasteiger partial charge in [0.15, 0.2) is 0 Å². The third-order valence-corrected chi connectivity index (χ3v) is 6.13. The normalized spacial score (nSPS) is 25.7. The second kappa shape index (κ2) is 7.30. The van der Waals surface area contributed by atoms with Gasteiger partial charge in [-0.3, -0.25) is 9.59 Å². The fourth-order valence-electron chi connectivity index (χ4n) is 4.96. The lowest BCUT2D eigenvalue weighted by Crippen LogP contribution is -2.47. The van der Waals surface area contributed by atoms with Crippen LogP contribution >= 0.6 is 0 Å². The van der Waals surface area contributed by atoms with E-state index in [9.17, 15) is 14.7 Å². The Morgan fingerprint density at radius 1 is 1.11 bits per heavy atom. The van der Waals surface area contributed by atoms with Crippen molar-refractivity contribution < 1.29 is 19.4 Å². The van der Waals surface area contributed by atoms with E-state index < -0.39 is 5.41 Å². The maximum absolute atomic E-state index is 13.2. The summed E-state index contributed by atoms with van der Waals surface area (Å²) in [6.45, 7) is 2.15.